The molecule has 2 aromatic rings. The number of rotatable bonds is 4. The smallest absolute Gasteiger partial charge is 0.242 e. The predicted molar refractivity (Wildman–Crippen MR) is 113 cm³/mol. The standard InChI is InChI=1S/C22H30N4O3/c1-22(23)8-3-2-4-18(22)21(28)24-17-5-6-19-16(14-17)7-9-26(19)15-20(27)25-10-12-29-13-11-25/h5-7,9,14,18H,2-4,8,10-13,15,23H2,1H3,(H,24,28). The molecule has 29 heavy (non-hydrogen) atoms. The lowest BCUT2D eigenvalue weighted by atomic mass is 9.74. The number of ether oxygens (including phenoxy) is 1. The highest BCUT2D eigenvalue weighted by atomic mass is 16.5. The van der Waals surface area contributed by atoms with Crippen LogP contribution < -0.4 is 11.1 Å². The molecule has 4 rings (SSSR count). The molecule has 2 fully saturated rings. The molecule has 3 N–H and O–H groups in total. The Balaban J connectivity index is 1.45. The third-order valence-corrected chi connectivity index (χ3v) is 6.28. The van der Waals surface area contributed by atoms with Gasteiger partial charge in [0.2, 0.25) is 11.8 Å². The highest BCUT2D eigenvalue weighted by Crippen LogP contribution is 2.32. The summed E-state index contributed by atoms with van der Waals surface area (Å²) >= 11 is 0. The fourth-order valence-electron chi connectivity index (χ4n) is 4.49. The summed E-state index contributed by atoms with van der Waals surface area (Å²) in [4.78, 5) is 27.2. The largest absolute Gasteiger partial charge is 0.378 e. The first kappa shape index (κ1) is 19.9. The number of hydrogen-bond donors (Lipinski definition) is 2. The Hall–Kier alpha value is -2.38. The van der Waals surface area contributed by atoms with Gasteiger partial charge in [0, 0.05) is 41.4 Å². The van der Waals surface area contributed by atoms with Gasteiger partial charge in [-0.25, -0.2) is 0 Å². The van der Waals surface area contributed by atoms with E-state index in [0.29, 0.717) is 32.8 Å². The minimum atomic E-state index is -0.449. The van der Waals surface area contributed by atoms with Crippen molar-refractivity contribution in [3.8, 4) is 0 Å². The molecule has 7 nitrogen and oxygen atoms in total. The first-order valence-electron chi connectivity index (χ1n) is 10.5. The molecule has 0 spiro atoms. The van der Waals surface area contributed by atoms with E-state index >= 15 is 0 Å². The van der Waals surface area contributed by atoms with Crippen molar-refractivity contribution in [3.63, 3.8) is 0 Å². The summed E-state index contributed by atoms with van der Waals surface area (Å²) in [6.45, 7) is 4.78. The van der Waals surface area contributed by atoms with Gasteiger partial charge in [-0.1, -0.05) is 12.8 Å². The Morgan fingerprint density at radius 2 is 2.03 bits per heavy atom. The summed E-state index contributed by atoms with van der Waals surface area (Å²) in [5.74, 6) is -0.0682. The molecule has 0 radical (unpaired) electrons. The van der Waals surface area contributed by atoms with Crippen LogP contribution in [0.4, 0.5) is 5.69 Å². The van der Waals surface area contributed by atoms with Gasteiger partial charge >= 0.3 is 0 Å². The van der Waals surface area contributed by atoms with Crippen molar-refractivity contribution in [1.29, 1.82) is 0 Å². The number of carbonyl (C=O) groups is 2. The van der Waals surface area contributed by atoms with Crippen LogP contribution in [0.5, 0.6) is 0 Å². The Kier molecular flexibility index (Phi) is 5.61. The van der Waals surface area contributed by atoms with E-state index in [-0.39, 0.29) is 17.7 Å². The number of nitrogens with two attached hydrogens (primary N) is 1. The van der Waals surface area contributed by atoms with E-state index in [1.807, 2.05) is 46.9 Å². The van der Waals surface area contributed by atoms with Gasteiger partial charge in [0.05, 0.1) is 19.1 Å². The zero-order chi connectivity index (χ0) is 20.4. The Bertz CT molecular complexity index is 899. The van der Waals surface area contributed by atoms with Gasteiger partial charge < -0.3 is 25.3 Å². The van der Waals surface area contributed by atoms with Crippen LogP contribution in [0.15, 0.2) is 30.5 Å². The maximum Gasteiger partial charge on any atom is 0.242 e. The minimum absolute atomic E-state index is 0.00372. The molecule has 1 aromatic heterocycles. The number of fused-ring (bicyclic) bond motifs is 1. The molecule has 2 atom stereocenters. The van der Waals surface area contributed by atoms with Crippen LogP contribution in [0.1, 0.15) is 32.6 Å². The second-order valence-electron chi connectivity index (χ2n) is 8.50. The SMILES string of the molecule is CC1(N)CCCCC1C(=O)Nc1ccc2c(ccn2CC(=O)N2CCOCC2)c1. The van der Waals surface area contributed by atoms with Gasteiger partial charge in [0.25, 0.3) is 0 Å². The van der Waals surface area contributed by atoms with Gasteiger partial charge in [-0.3, -0.25) is 9.59 Å². The van der Waals surface area contributed by atoms with Crippen LogP contribution in [0.25, 0.3) is 10.9 Å². The number of carbonyl (C=O) groups excluding carboxylic acids is 2. The average Bonchev–Trinajstić information content (AvgIpc) is 3.10. The number of amides is 2. The lowest BCUT2D eigenvalue weighted by Gasteiger charge is -2.37. The lowest BCUT2D eigenvalue weighted by Crippen LogP contribution is -2.51. The fourth-order valence-corrected chi connectivity index (χ4v) is 4.49. The zero-order valence-electron chi connectivity index (χ0n) is 17.0. The van der Waals surface area contributed by atoms with E-state index < -0.39 is 5.54 Å². The summed E-state index contributed by atoms with van der Waals surface area (Å²) in [5, 5.41) is 4.04. The van der Waals surface area contributed by atoms with Gasteiger partial charge in [0.15, 0.2) is 0 Å². The van der Waals surface area contributed by atoms with Crippen LogP contribution in [0.2, 0.25) is 0 Å². The van der Waals surface area contributed by atoms with Crippen molar-refractivity contribution in [2.75, 3.05) is 31.6 Å². The van der Waals surface area contributed by atoms with Crippen molar-refractivity contribution < 1.29 is 14.3 Å². The monoisotopic (exact) mass is 398 g/mol. The second-order valence-corrected chi connectivity index (χ2v) is 8.50. The maximum atomic E-state index is 12.8. The fraction of sp³-hybridized carbons (Fsp3) is 0.545. The summed E-state index contributed by atoms with van der Waals surface area (Å²) < 4.78 is 7.27. The predicted octanol–water partition coefficient (Wildman–Crippen LogP) is 2.35. The molecule has 2 heterocycles. The first-order chi connectivity index (χ1) is 13.9. The molecule has 2 amide bonds. The topological polar surface area (TPSA) is 89.6 Å². The molecule has 1 aliphatic carbocycles. The molecule has 1 aliphatic heterocycles. The lowest BCUT2D eigenvalue weighted by molar-refractivity contribution is -0.135. The molecule has 1 saturated heterocycles. The number of morpholine rings is 1. The quantitative estimate of drug-likeness (QED) is 0.827. The van der Waals surface area contributed by atoms with Gasteiger partial charge in [-0.05, 0) is 44.0 Å². The zero-order valence-corrected chi connectivity index (χ0v) is 17.0. The normalized spacial score (nSPS) is 25.2. The van der Waals surface area contributed by atoms with Gasteiger partial charge in [-0.2, -0.15) is 0 Å². The maximum absolute atomic E-state index is 12.8. The summed E-state index contributed by atoms with van der Waals surface area (Å²) in [6.07, 6.45) is 5.77. The number of aromatic nitrogens is 1. The molecule has 2 aliphatic rings. The van der Waals surface area contributed by atoms with E-state index in [1.54, 1.807) is 0 Å². The third kappa shape index (κ3) is 4.31. The molecule has 2 unspecified atom stereocenters. The number of anilines is 1. The second kappa shape index (κ2) is 8.16. The van der Waals surface area contributed by atoms with Crippen molar-refractivity contribution >= 4 is 28.4 Å². The van der Waals surface area contributed by atoms with Crippen LogP contribution in [0, 0.1) is 5.92 Å². The Morgan fingerprint density at radius 3 is 2.79 bits per heavy atom. The number of benzene rings is 1. The van der Waals surface area contributed by atoms with E-state index in [4.69, 9.17) is 10.5 Å². The van der Waals surface area contributed by atoms with Gasteiger partial charge in [-0.15, -0.1) is 0 Å². The minimum Gasteiger partial charge on any atom is -0.378 e. The number of hydrogen-bond acceptors (Lipinski definition) is 4. The van der Waals surface area contributed by atoms with Crippen LogP contribution >= 0.6 is 0 Å². The number of nitrogens with one attached hydrogen (secondary N) is 1. The van der Waals surface area contributed by atoms with Gasteiger partial charge in [0.1, 0.15) is 6.54 Å². The molecule has 1 saturated carbocycles. The van der Waals surface area contributed by atoms with E-state index in [2.05, 4.69) is 5.32 Å². The van der Waals surface area contributed by atoms with Crippen molar-refractivity contribution in [3.05, 3.63) is 30.5 Å². The van der Waals surface area contributed by atoms with E-state index in [9.17, 15) is 9.59 Å². The van der Waals surface area contributed by atoms with Crippen molar-refractivity contribution in [1.82, 2.24) is 9.47 Å². The number of nitrogens with zero attached hydrogens (tertiary/aromatic N) is 2. The van der Waals surface area contributed by atoms with E-state index in [0.717, 1.165) is 42.3 Å². The van der Waals surface area contributed by atoms with Crippen molar-refractivity contribution in [2.24, 2.45) is 11.7 Å². The summed E-state index contributed by atoms with van der Waals surface area (Å²) in [5.41, 5.74) is 7.66. The highest BCUT2D eigenvalue weighted by molar-refractivity contribution is 5.96. The summed E-state index contributed by atoms with van der Waals surface area (Å²) in [6, 6.07) is 7.79. The van der Waals surface area contributed by atoms with Crippen LogP contribution in [-0.4, -0.2) is 53.1 Å². The molecule has 156 valence electrons. The molecule has 7 heteroatoms. The molecular weight excluding hydrogens is 368 g/mol. The molecular formula is C22H30N4O3. The average molecular weight is 399 g/mol. The first-order valence-corrected chi connectivity index (χ1v) is 10.5. The Morgan fingerprint density at radius 1 is 1.24 bits per heavy atom. The molecule has 1 aromatic carbocycles. The van der Waals surface area contributed by atoms with Crippen LogP contribution in [0.3, 0.4) is 0 Å². The van der Waals surface area contributed by atoms with E-state index in [1.165, 1.54) is 0 Å². The highest BCUT2D eigenvalue weighted by Gasteiger charge is 2.37. The Labute approximate surface area is 171 Å². The third-order valence-electron chi connectivity index (χ3n) is 6.28. The molecule has 0 bridgehead atoms. The van der Waals surface area contributed by atoms with Crippen LogP contribution in [-0.2, 0) is 20.9 Å². The summed E-state index contributed by atoms with van der Waals surface area (Å²) in [7, 11) is 0. The van der Waals surface area contributed by atoms with Crippen molar-refractivity contribution in [2.45, 2.75) is 44.7 Å².